The van der Waals surface area contributed by atoms with E-state index in [9.17, 15) is 0 Å². The van der Waals surface area contributed by atoms with Crippen molar-refractivity contribution >= 4 is 31.9 Å². The van der Waals surface area contributed by atoms with E-state index in [1.807, 2.05) is 56.3 Å². The van der Waals surface area contributed by atoms with Gasteiger partial charge in [-0.25, -0.2) is 0 Å². The van der Waals surface area contributed by atoms with Crippen LogP contribution in [0.25, 0.3) is 0 Å². The molecule has 2 rings (SSSR count). The van der Waals surface area contributed by atoms with Crippen molar-refractivity contribution in [2.24, 2.45) is 5.73 Å². The Bertz CT molecular complexity index is 599. The van der Waals surface area contributed by atoms with E-state index in [4.69, 9.17) is 10.5 Å². The first-order valence-electron chi connectivity index (χ1n) is 6.41. The highest BCUT2D eigenvalue weighted by Gasteiger charge is 2.18. The molecule has 106 valence electrons. The maximum Gasteiger partial charge on any atom is 0.138 e. The topological polar surface area (TPSA) is 35.2 Å². The molecule has 20 heavy (non-hydrogen) atoms. The third kappa shape index (κ3) is 3.84. The Morgan fingerprint density at radius 1 is 1.10 bits per heavy atom. The van der Waals surface area contributed by atoms with Gasteiger partial charge in [0.25, 0.3) is 0 Å². The highest BCUT2D eigenvalue weighted by molar-refractivity contribution is 9.10. The maximum atomic E-state index is 6.09. The zero-order valence-corrected chi connectivity index (χ0v) is 14.6. The molecule has 0 aromatic heterocycles. The van der Waals surface area contributed by atoms with E-state index in [1.165, 1.54) is 0 Å². The average molecular weight is 399 g/mol. The second-order valence-corrected chi connectivity index (χ2v) is 6.63. The van der Waals surface area contributed by atoms with Gasteiger partial charge in [-0.3, -0.25) is 0 Å². The van der Waals surface area contributed by atoms with Crippen molar-refractivity contribution in [2.75, 3.05) is 0 Å². The Hall–Kier alpha value is -0.840. The number of rotatable bonds is 4. The molecule has 0 aliphatic carbocycles. The number of aryl methyl sites for hydroxylation is 1. The van der Waals surface area contributed by atoms with Crippen molar-refractivity contribution in [3.8, 4) is 5.75 Å². The van der Waals surface area contributed by atoms with Crippen LogP contribution in [-0.2, 0) is 0 Å². The molecular formula is C16H17Br2NO. The molecule has 0 saturated carbocycles. The predicted octanol–water partition coefficient (Wildman–Crippen LogP) is 4.99. The largest absolute Gasteiger partial charge is 0.484 e. The zero-order chi connectivity index (χ0) is 14.7. The van der Waals surface area contributed by atoms with Crippen LogP contribution in [0, 0.1) is 6.92 Å². The van der Waals surface area contributed by atoms with E-state index in [0.29, 0.717) is 0 Å². The molecule has 0 saturated heterocycles. The Morgan fingerprint density at radius 3 is 2.45 bits per heavy atom. The first-order chi connectivity index (χ1) is 9.47. The molecule has 0 spiro atoms. The van der Waals surface area contributed by atoms with E-state index in [-0.39, 0.29) is 12.1 Å². The standard InChI is InChI=1S/C16H17Br2NO/c1-10-8-14(6-7-15(10)18)20-16(11(2)19)12-4-3-5-13(17)9-12/h3-9,11,16H,19H2,1-2H3. The van der Waals surface area contributed by atoms with Gasteiger partial charge in [-0.2, -0.15) is 0 Å². The van der Waals surface area contributed by atoms with E-state index < -0.39 is 0 Å². The summed E-state index contributed by atoms with van der Waals surface area (Å²) in [5.41, 5.74) is 8.29. The third-order valence-electron chi connectivity index (χ3n) is 3.05. The first-order valence-corrected chi connectivity index (χ1v) is 8.00. The van der Waals surface area contributed by atoms with Crippen LogP contribution in [0.1, 0.15) is 24.2 Å². The van der Waals surface area contributed by atoms with Gasteiger partial charge in [-0.05, 0) is 55.3 Å². The minimum Gasteiger partial charge on any atom is -0.484 e. The fourth-order valence-electron chi connectivity index (χ4n) is 2.00. The lowest BCUT2D eigenvalue weighted by Crippen LogP contribution is -2.29. The quantitative estimate of drug-likeness (QED) is 0.787. The average Bonchev–Trinajstić information content (AvgIpc) is 2.39. The van der Waals surface area contributed by atoms with Crippen molar-refractivity contribution in [3.63, 3.8) is 0 Å². The van der Waals surface area contributed by atoms with Gasteiger partial charge in [-0.15, -0.1) is 0 Å². The lowest BCUT2D eigenvalue weighted by molar-refractivity contribution is 0.180. The molecule has 2 unspecified atom stereocenters. The number of halogens is 2. The van der Waals surface area contributed by atoms with Crippen molar-refractivity contribution in [3.05, 3.63) is 62.5 Å². The van der Waals surface area contributed by atoms with E-state index in [1.54, 1.807) is 0 Å². The molecule has 4 heteroatoms. The molecule has 0 fully saturated rings. The van der Waals surface area contributed by atoms with Gasteiger partial charge in [0.15, 0.2) is 0 Å². The van der Waals surface area contributed by atoms with Crippen LogP contribution in [-0.4, -0.2) is 6.04 Å². The molecule has 2 nitrogen and oxygen atoms in total. The van der Waals surface area contributed by atoms with Gasteiger partial charge >= 0.3 is 0 Å². The van der Waals surface area contributed by atoms with Crippen molar-refractivity contribution < 1.29 is 4.74 Å². The van der Waals surface area contributed by atoms with Gasteiger partial charge in [0.1, 0.15) is 11.9 Å². The normalized spacial score (nSPS) is 13.8. The molecule has 0 amide bonds. The Morgan fingerprint density at radius 2 is 1.85 bits per heavy atom. The second-order valence-electron chi connectivity index (χ2n) is 4.86. The van der Waals surface area contributed by atoms with Gasteiger partial charge in [0, 0.05) is 15.0 Å². The molecule has 2 N–H and O–H groups in total. The molecule has 0 heterocycles. The van der Waals surface area contributed by atoms with Crippen LogP contribution in [0.15, 0.2) is 51.4 Å². The summed E-state index contributed by atoms with van der Waals surface area (Å²) in [6, 6.07) is 13.9. The lowest BCUT2D eigenvalue weighted by Gasteiger charge is -2.23. The summed E-state index contributed by atoms with van der Waals surface area (Å²) < 4.78 is 8.18. The van der Waals surface area contributed by atoms with E-state index >= 15 is 0 Å². The van der Waals surface area contributed by atoms with Gasteiger partial charge in [-0.1, -0.05) is 44.0 Å². The molecule has 2 aromatic rings. The van der Waals surface area contributed by atoms with Gasteiger partial charge in [0.05, 0.1) is 0 Å². The number of ether oxygens (including phenoxy) is 1. The molecule has 0 bridgehead atoms. The highest BCUT2D eigenvalue weighted by Crippen LogP contribution is 2.28. The minimum absolute atomic E-state index is 0.103. The maximum absolute atomic E-state index is 6.09. The van der Waals surface area contributed by atoms with Crippen LogP contribution < -0.4 is 10.5 Å². The number of hydrogen-bond donors (Lipinski definition) is 1. The smallest absolute Gasteiger partial charge is 0.138 e. The Labute approximate surface area is 136 Å². The van der Waals surface area contributed by atoms with Gasteiger partial charge < -0.3 is 10.5 Å². The fourth-order valence-corrected chi connectivity index (χ4v) is 2.66. The van der Waals surface area contributed by atoms with Gasteiger partial charge in [0.2, 0.25) is 0 Å². The molecule has 0 aliphatic rings. The lowest BCUT2D eigenvalue weighted by atomic mass is 10.0. The fraction of sp³-hybridized carbons (Fsp3) is 0.250. The van der Waals surface area contributed by atoms with E-state index in [0.717, 1.165) is 25.8 Å². The summed E-state index contributed by atoms with van der Waals surface area (Å²) in [7, 11) is 0. The number of benzene rings is 2. The summed E-state index contributed by atoms with van der Waals surface area (Å²) in [6.45, 7) is 3.99. The molecule has 2 atom stereocenters. The molecule has 0 radical (unpaired) electrons. The van der Waals surface area contributed by atoms with Crippen LogP contribution in [0.5, 0.6) is 5.75 Å². The molecule has 2 aromatic carbocycles. The van der Waals surface area contributed by atoms with Crippen LogP contribution >= 0.6 is 31.9 Å². The summed E-state index contributed by atoms with van der Waals surface area (Å²) in [4.78, 5) is 0. The Kier molecular flexibility index (Phi) is 5.24. The van der Waals surface area contributed by atoms with Crippen LogP contribution in [0.3, 0.4) is 0 Å². The predicted molar refractivity (Wildman–Crippen MR) is 90.0 cm³/mol. The van der Waals surface area contributed by atoms with Crippen LogP contribution in [0.2, 0.25) is 0 Å². The summed E-state index contributed by atoms with van der Waals surface area (Å²) in [5, 5.41) is 0. The van der Waals surface area contributed by atoms with Crippen molar-refractivity contribution in [1.82, 2.24) is 0 Å². The SMILES string of the molecule is Cc1cc(OC(c2cccc(Br)c2)C(C)N)ccc1Br. The first kappa shape index (κ1) is 15.5. The monoisotopic (exact) mass is 397 g/mol. The summed E-state index contributed by atoms with van der Waals surface area (Å²) in [6.07, 6.45) is -0.173. The number of nitrogens with two attached hydrogens (primary N) is 1. The second kappa shape index (κ2) is 6.74. The van der Waals surface area contributed by atoms with Crippen LogP contribution in [0.4, 0.5) is 0 Å². The molecule has 0 aliphatic heterocycles. The highest BCUT2D eigenvalue weighted by atomic mass is 79.9. The van der Waals surface area contributed by atoms with Crippen molar-refractivity contribution in [1.29, 1.82) is 0 Å². The summed E-state index contributed by atoms with van der Waals surface area (Å²) >= 11 is 6.98. The third-order valence-corrected chi connectivity index (χ3v) is 4.43. The Balaban J connectivity index is 2.28. The number of hydrogen-bond acceptors (Lipinski definition) is 2. The minimum atomic E-state index is -0.173. The van der Waals surface area contributed by atoms with E-state index in [2.05, 4.69) is 31.9 Å². The zero-order valence-electron chi connectivity index (χ0n) is 11.4. The molecular weight excluding hydrogens is 382 g/mol. The van der Waals surface area contributed by atoms with Crippen molar-refractivity contribution in [2.45, 2.75) is 26.0 Å². The summed E-state index contributed by atoms with van der Waals surface area (Å²) in [5.74, 6) is 0.827.